The molecular formula is C19H19N3O6. The number of aliphatic hydroxyl groups is 3. The maximum absolute atomic E-state index is 12.4. The first-order valence-electron chi connectivity index (χ1n) is 8.40. The first kappa shape index (κ1) is 19.5. The number of rotatable bonds is 6. The molecule has 0 aliphatic heterocycles. The van der Waals surface area contributed by atoms with Crippen LogP contribution in [0.25, 0.3) is 16.5 Å². The van der Waals surface area contributed by atoms with Crippen molar-refractivity contribution in [2.24, 2.45) is 4.99 Å². The van der Waals surface area contributed by atoms with E-state index in [1.165, 1.54) is 0 Å². The van der Waals surface area contributed by atoms with Gasteiger partial charge in [-0.1, -0.05) is 36.4 Å². The van der Waals surface area contributed by atoms with Crippen molar-refractivity contribution in [2.45, 2.75) is 5.54 Å². The van der Waals surface area contributed by atoms with E-state index >= 15 is 0 Å². The molecule has 28 heavy (non-hydrogen) atoms. The van der Waals surface area contributed by atoms with Crippen LogP contribution in [0.5, 0.6) is 5.88 Å². The van der Waals surface area contributed by atoms with Crippen LogP contribution in [0.15, 0.2) is 57.0 Å². The van der Waals surface area contributed by atoms with Crippen molar-refractivity contribution in [3.8, 4) is 11.6 Å². The van der Waals surface area contributed by atoms with Crippen LogP contribution in [0.1, 0.15) is 5.56 Å². The third-order valence-electron chi connectivity index (χ3n) is 4.48. The Morgan fingerprint density at radius 3 is 2.32 bits per heavy atom. The van der Waals surface area contributed by atoms with Crippen LogP contribution in [0.2, 0.25) is 0 Å². The molecule has 0 saturated carbocycles. The smallest absolute Gasteiger partial charge is 0.335 e. The fraction of sp³-hybridized carbons (Fsp3) is 0.211. The van der Waals surface area contributed by atoms with Crippen molar-refractivity contribution in [1.29, 1.82) is 0 Å². The van der Waals surface area contributed by atoms with E-state index in [0.29, 0.717) is 11.1 Å². The summed E-state index contributed by atoms with van der Waals surface area (Å²) in [5, 5.41) is 40.2. The highest BCUT2D eigenvalue weighted by Crippen LogP contribution is 2.24. The summed E-state index contributed by atoms with van der Waals surface area (Å²) in [6.07, 6.45) is 0.915. The molecule has 0 amide bonds. The van der Waals surface area contributed by atoms with Crippen LogP contribution in [-0.2, 0) is 0 Å². The first-order valence-corrected chi connectivity index (χ1v) is 8.40. The number of aliphatic hydroxyl groups excluding tert-OH is 3. The van der Waals surface area contributed by atoms with Crippen molar-refractivity contribution in [1.82, 2.24) is 9.55 Å². The highest BCUT2D eigenvalue weighted by Gasteiger charge is 2.27. The summed E-state index contributed by atoms with van der Waals surface area (Å²) < 4.78 is 0.934. The van der Waals surface area contributed by atoms with E-state index in [9.17, 15) is 30.0 Å². The lowest BCUT2D eigenvalue weighted by atomic mass is 10.1. The molecule has 146 valence electrons. The van der Waals surface area contributed by atoms with E-state index in [-0.39, 0.29) is 5.56 Å². The zero-order valence-electron chi connectivity index (χ0n) is 14.7. The molecule has 0 radical (unpaired) electrons. The molecule has 3 rings (SSSR count). The number of H-pyrrole nitrogens is 1. The number of aliphatic imine (C=N–C) groups is 1. The molecule has 9 nitrogen and oxygen atoms in total. The van der Waals surface area contributed by atoms with Crippen LogP contribution in [0.3, 0.4) is 0 Å². The second kappa shape index (κ2) is 7.77. The molecule has 1 heterocycles. The topological polar surface area (TPSA) is 148 Å². The fourth-order valence-electron chi connectivity index (χ4n) is 2.76. The Balaban J connectivity index is 2.24. The number of nitrogens with one attached hydrogen (secondary N) is 1. The molecule has 0 saturated heterocycles. The number of aromatic hydroxyl groups is 1. The van der Waals surface area contributed by atoms with Gasteiger partial charge in [-0.15, -0.1) is 0 Å². The van der Waals surface area contributed by atoms with E-state index in [2.05, 4.69) is 9.98 Å². The molecule has 0 aliphatic carbocycles. The van der Waals surface area contributed by atoms with Gasteiger partial charge < -0.3 is 20.4 Å². The van der Waals surface area contributed by atoms with E-state index in [1.54, 1.807) is 24.3 Å². The van der Waals surface area contributed by atoms with Gasteiger partial charge in [0.25, 0.3) is 5.56 Å². The minimum absolute atomic E-state index is 0.351. The predicted octanol–water partition coefficient (Wildman–Crippen LogP) is -0.481. The summed E-state index contributed by atoms with van der Waals surface area (Å²) in [5.41, 5.74) is -3.37. The van der Waals surface area contributed by atoms with Crippen LogP contribution in [-0.4, -0.2) is 61.6 Å². The molecule has 0 unspecified atom stereocenters. The van der Waals surface area contributed by atoms with E-state index in [0.717, 1.165) is 16.2 Å². The molecule has 0 spiro atoms. The average Bonchev–Trinajstić information content (AvgIpc) is 2.71. The second-order valence-corrected chi connectivity index (χ2v) is 6.29. The van der Waals surface area contributed by atoms with Gasteiger partial charge in [0.05, 0.1) is 25.5 Å². The Labute approximate surface area is 158 Å². The summed E-state index contributed by atoms with van der Waals surface area (Å²) in [6.45, 7) is -2.05. The van der Waals surface area contributed by atoms with Crippen LogP contribution >= 0.6 is 0 Å². The van der Waals surface area contributed by atoms with Crippen molar-refractivity contribution < 1.29 is 20.4 Å². The summed E-state index contributed by atoms with van der Waals surface area (Å²) >= 11 is 0. The number of hydrogen-bond donors (Lipinski definition) is 5. The second-order valence-electron chi connectivity index (χ2n) is 6.29. The summed E-state index contributed by atoms with van der Waals surface area (Å²) in [7, 11) is 0. The zero-order valence-corrected chi connectivity index (χ0v) is 14.7. The van der Waals surface area contributed by atoms with Crippen molar-refractivity contribution in [2.75, 3.05) is 19.8 Å². The van der Waals surface area contributed by atoms with Gasteiger partial charge in [-0.05, 0) is 11.5 Å². The van der Waals surface area contributed by atoms with Gasteiger partial charge in [-0.2, -0.15) is 0 Å². The van der Waals surface area contributed by atoms with Gasteiger partial charge in [-0.25, -0.2) is 9.36 Å². The highest BCUT2D eigenvalue weighted by atomic mass is 16.3. The summed E-state index contributed by atoms with van der Waals surface area (Å²) in [4.78, 5) is 30.6. The Kier molecular flexibility index (Phi) is 5.41. The number of fused-ring (bicyclic) bond motifs is 1. The third-order valence-corrected chi connectivity index (χ3v) is 4.48. The molecule has 0 bridgehead atoms. The Morgan fingerprint density at radius 2 is 1.64 bits per heavy atom. The molecule has 5 N–H and O–H groups in total. The minimum atomic E-state index is -1.63. The first-order chi connectivity index (χ1) is 13.5. The Hall–Kier alpha value is -3.27. The van der Waals surface area contributed by atoms with Gasteiger partial charge in [0.1, 0.15) is 11.1 Å². The third kappa shape index (κ3) is 3.33. The summed E-state index contributed by atoms with van der Waals surface area (Å²) in [5.74, 6) is -0.656. The average molecular weight is 385 g/mol. The summed E-state index contributed by atoms with van der Waals surface area (Å²) in [6, 6.07) is 12.4. The van der Waals surface area contributed by atoms with E-state index < -0.39 is 42.5 Å². The Morgan fingerprint density at radius 1 is 1.00 bits per heavy atom. The molecule has 9 heteroatoms. The molecule has 0 aliphatic rings. The van der Waals surface area contributed by atoms with E-state index in [1.807, 2.05) is 18.2 Å². The largest absolute Gasteiger partial charge is 0.493 e. The van der Waals surface area contributed by atoms with E-state index in [4.69, 9.17) is 0 Å². The van der Waals surface area contributed by atoms with Crippen LogP contribution in [0.4, 0.5) is 0 Å². The number of nitrogens with zero attached hydrogens (tertiary/aromatic N) is 2. The number of aromatic amines is 1. The molecule has 0 atom stereocenters. The van der Waals surface area contributed by atoms with Crippen molar-refractivity contribution in [3.63, 3.8) is 0 Å². The molecule has 0 fully saturated rings. The Bertz CT molecular complexity index is 1130. The lowest BCUT2D eigenvalue weighted by Crippen LogP contribution is -2.40. The van der Waals surface area contributed by atoms with Crippen LogP contribution < -0.4 is 11.2 Å². The maximum atomic E-state index is 12.4. The number of benzene rings is 2. The standard InChI is InChI=1S/C19H19N3O6/c23-9-19(10-24,11-25)20-8-14-16(26)21-18(28)22(17(14)27)15-7-3-5-12-4-1-2-6-13(12)15/h1-8,23-25,27H,9-11H2,(H,21,26,28). The molecule has 2 aromatic carbocycles. The molecule has 3 aromatic rings. The minimum Gasteiger partial charge on any atom is -0.493 e. The van der Waals surface area contributed by atoms with Gasteiger partial charge in [0.15, 0.2) is 0 Å². The lowest BCUT2D eigenvalue weighted by molar-refractivity contribution is 0.0718. The van der Waals surface area contributed by atoms with Crippen molar-refractivity contribution >= 4 is 17.0 Å². The lowest BCUT2D eigenvalue weighted by Gasteiger charge is -2.22. The van der Waals surface area contributed by atoms with Crippen LogP contribution in [0, 0.1) is 0 Å². The van der Waals surface area contributed by atoms with Gasteiger partial charge in [0.2, 0.25) is 5.88 Å². The normalized spacial score (nSPS) is 12.1. The maximum Gasteiger partial charge on any atom is 0.335 e. The molecular weight excluding hydrogens is 366 g/mol. The molecule has 1 aromatic heterocycles. The SMILES string of the molecule is O=c1[nH]c(=O)n(-c2cccc3ccccc23)c(O)c1C=NC(CO)(CO)CO. The van der Waals surface area contributed by atoms with Gasteiger partial charge in [-0.3, -0.25) is 14.8 Å². The zero-order chi connectivity index (χ0) is 20.3. The number of aromatic nitrogens is 2. The van der Waals surface area contributed by atoms with Gasteiger partial charge in [0, 0.05) is 11.6 Å². The van der Waals surface area contributed by atoms with Crippen molar-refractivity contribution in [3.05, 3.63) is 68.9 Å². The quantitative estimate of drug-likeness (QED) is 0.362. The fourth-order valence-corrected chi connectivity index (χ4v) is 2.76. The monoisotopic (exact) mass is 385 g/mol. The number of hydrogen-bond acceptors (Lipinski definition) is 7. The van der Waals surface area contributed by atoms with Gasteiger partial charge >= 0.3 is 5.69 Å². The highest BCUT2D eigenvalue weighted by molar-refractivity contribution is 5.91. The predicted molar refractivity (Wildman–Crippen MR) is 103 cm³/mol.